The topological polar surface area (TPSA) is 103 Å². The average Bonchev–Trinajstić information content (AvgIpc) is 2.37. The molecule has 1 fully saturated rings. The van der Waals surface area contributed by atoms with Crippen LogP contribution in [-0.2, 0) is 10.0 Å². The minimum Gasteiger partial charge on any atom is -0.384 e. The van der Waals surface area contributed by atoms with Gasteiger partial charge in [-0.25, -0.2) is 13.4 Å². The fraction of sp³-hybridized carbons (Fsp3) is 0.500. The van der Waals surface area contributed by atoms with Crippen molar-refractivity contribution >= 4 is 21.7 Å². The lowest BCUT2D eigenvalue weighted by atomic mass is 10.1. The molecule has 3 N–H and O–H groups in total. The van der Waals surface area contributed by atoms with Crippen molar-refractivity contribution in [3.63, 3.8) is 0 Å². The molecule has 0 bridgehead atoms. The lowest BCUT2D eigenvalue weighted by molar-refractivity contribution is 0.387. The van der Waals surface area contributed by atoms with E-state index in [1.54, 1.807) is 6.20 Å². The summed E-state index contributed by atoms with van der Waals surface area (Å²) in [6, 6.07) is 1.81. The number of nitrogens with two attached hydrogens (primary N) is 1. The van der Waals surface area contributed by atoms with E-state index in [1.807, 2.05) is 17.9 Å². The van der Waals surface area contributed by atoms with Crippen LogP contribution < -0.4 is 10.6 Å². The van der Waals surface area contributed by atoms with E-state index in [4.69, 9.17) is 11.1 Å². The highest BCUT2D eigenvalue weighted by Crippen LogP contribution is 2.22. The third-order valence-electron chi connectivity index (χ3n) is 3.42. The Morgan fingerprint density at radius 1 is 1.35 bits per heavy atom. The number of sulfonamides is 1. The van der Waals surface area contributed by atoms with Crippen molar-refractivity contribution in [2.24, 2.45) is 5.73 Å². The van der Waals surface area contributed by atoms with Crippen molar-refractivity contribution in [3.8, 4) is 0 Å². The second-order valence-electron chi connectivity index (χ2n) is 4.89. The molecule has 2 heterocycles. The van der Waals surface area contributed by atoms with Gasteiger partial charge in [-0.05, 0) is 18.6 Å². The number of piperazine rings is 1. The zero-order chi connectivity index (χ0) is 14.9. The van der Waals surface area contributed by atoms with Crippen LogP contribution in [0.2, 0.25) is 0 Å². The molecule has 1 aromatic rings. The smallest absolute Gasteiger partial charge is 0.211 e. The molecule has 1 aliphatic rings. The molecule has 7 nitrogen and oxygen atoms in total. The van der Waals surface area contributed by atoms with Gasteiger partial charge in [-0.2, -0.15) is 4.31 Å². The van der Waals surface area contributed by atoms with Gasteiger partial charge in [0.2, 0.25) is 10.0 Å². The van der Waals surface area contributed by atoms with Gasteiger partial charge in [-0.1, -0.05) is 0 Å². The fourth-order valence-electron chi connectivity index (χ4n) is 2.35. The molecule has 20 heavy (non-hydrogen) atoms. The Kier molecular flexibility index (Phi) is 3.96. The number of nitrogen functional groups attached to an aromatic ring is 1. The first-order chi connectivity index (χ1) is 9.30. The van der Waals surface area contributed by atoms with Crippen LogP contribution >= 0.6 is 0 Å². The van der Waals surface area contributed by atoms with Crippen LogP contribution in [0.1, 0.15) is 11.1 Å². The maximum atomic E-state index is 11.5. The van der Waals surface area contributed by atoms with Crippen LogP contribution in [0.5, 0.6) is 0 Å². The summed E-state index contributed by atoms with van der Waals surface area (Å²) in [6.45, 7) is 3.82. The number of pyridine rings is 1. The second-order valence-corrected chi connectivity index (χ2v) is 6.87. The minimum atomic E-state index is -3.15. The van der Waals surface area contributed by atoms with Crippen LogP contribution in [0.4, 0.5) is 5.82 Å². The van der Waals surface area contributed by atoms with Gasteiger partial charge >= 0.3 is 0 Å². The van der Waals surface area contributed by atoms with Crippen LogP contribution in [0.15, 0.2) is 12.3 Å². The van der Waals surface area contributed by atoms with E-state index in [0.29, 0.717) is 37.6 Å². The van der Waals surface area contributed by atoms with Crippen molar-refractivity contribution in [2.45, 2.75) is 6.92 Å². The molecule has 1 saturated heterocycles. The maximum Gasteiger partial charge on any atom is 0.211 e. The first-order valence-electron chi connectivity index (χ1n) is 6.31. The molecule has 2 rings (SSSR count). The summed E-state index contributed by atoms with van der Waals surface area (Å²) in [4.78, 5) is 6.29. The zero-order valence-electron chi connectivity index (χ0n) is 11.6. The molecule has 0 aliphatic carbocycles. The van der Waals surface area contributed by atoms with Gasteiger partial charge in [-0.15, -0.1) is 0 Å². The number of nitrogens with zero attached hydrogens (tertiary/aromatic N) is 3. The molecule has 0 spiro atoms. The molecule has 8 heteroatoms. The number of hydrogen-bond acceptors (Lipinski definition) is 5. The summed E-state index contributed by atoms with van der Waals surface area (Å²) in [5.41, 5.74) is 7.15. The number of rotatable bonds is 3. The lowest BCUT2D eigenvalue weighted by Gasteiger charge is -2.35. The van der Waals surface area contributed by atoms with Crippen molar-refractivity contribution in [1.82, 2.24) is 9.29 Å². The van der Waals surface area contributed by atoms with Gasteiger partial charge in [0.05, 0.1) is 11.8 Å². The van der Waals surface area contributed by atoms with Crippen molar-refractivity contribution in [2.75, 3.05) is 37.3 Å². The minimum absolute atomic E-state index is 0.0175. The standard InChI is InChI=1S/C12H19N5O2S/c1-9-3-4-15-12(10(9)11(13)14)16-5-7-17(8-6-16)20(2,18)19/h3-4H,5-8H2,1-2H3,(H3,13,14). The third kappa shape index (κ3) is 2.91. The Balaban J connectivity index is 2.24. The quantitative estimate of drug-likeness (QED) is 0.592. The molecule has 0 amide bonds. The highest BCUT2D eigenvalue weighted by molar-refractivity contribution is 7.88. The molecule has 0 saturated carbocycles. The summed E-state index contributed by atoms with van der Waals surface area (Å²) < 4.78 is 24.4. The van der Waals surface area contributed by atoms with Crippen LogP contribution in [-0.4, -0.2) is 56.0 Å². The second kappa shape index (κ2) is 5.37. The maximum absolute atomic E-state index is 11.5. The Morgan fingerprint density at radius 3 is 2.45 bits per heavy atom. The van der Waals surface area contributed by atoms with E-state index in [-0.39, 0.29) is 5.84 Å². The van der Waals surface area contributed by atoms with Gasteiger partial charge in [0, 0.05) is 32.4 Å². The molecule has 0 unspecified atom stereocenters. The summed E-state index contributed by atoms with van der Waals surface area (Å²) in [5.74, 6) is 0.641. The zero-order valence-corrected chi connectivity index (χ0v) is 12.4. The SMILES string of the molecule is Cc1ccnc(N2CCN(S(C)(=O)=O)CC2)c1C(=N)N. The highest BCUT2D eigenvalue weighted by Gasteiger charge is 2.26. The molecule has 110 valence electrons. The largest absolute Gasteiger partial charge is 0.384 e. The first-order valence-corrected chi connectivity index (χ1v) is 8.15. The van der Waals surface area contributed by atoms with E-state index >= 15 is 0 Å². The number of aryl methyl sites for hydroxylation is 1. The van der Waals surface area contributed by atoms with Crippen molar-refractivity contribution < 1.29 is 8.42 Å². The molecule has 1 aromatic heterocycles. The summed E-state index contributed by atoms with van der Waals surface area (Å²) >= 11 is 0. The van der Waals surface area contributed by atoms with Gasteiger partial charge < -0.3 is 10.6 Å². The number of aromatic nitrogens is 1. The number of nitrogens with one attached hydrogen (secondary N) is 1. The van der Waals surface area contributed by atoms with E-state index in [0.717, 1.165) is 5.56 Å². The van der Waals surface area contributed by atoms with Crippen LogP contribution in [0, 0.1) is 12.3 Å². The number of amidine groups is 1. The van der Waals surface area contributed by atoms with E-state index in [2.05, 4.69) is 4.98 Å². The first kappa shape index (κ1) is 14.7. The average molecular weight is 297 g/mol. The third-order valence-corrected chi connectivity index (χ3v) is 4.72. The summed E-state index contributed by atoms with van der Waals surface area (Å²) in [7, 11) is -3.15. The van der Waals surface area contributed by atoms with E-state index in [9.17, 15) is 8.42 Å². The van der Waals surface area contributed by atoms with Crippen LogP contribution in [0.25, 0.3) is 0 Å². The van der Waals surface area contributed by atoms with Gasteiger partial charge in [0.1, 0.15) is 11.7 Å². The Labute approximate surface area is 119 Å². The van der Waals surface area contributed by atoms with Crippen LogP contribution in [0.3, 0.4) is 0 Å². The highest BCUT2D eigenvalue weighted by atomic mass is 32.2. The molecule has 0 aromatic carbocycles. The predicted octanol–water partition coefficient (Wildman–Crippen LogP) is -0.244. The van der Waals surface area contributed by atoms with Gasteiger partial charge in [-0.3, -0.25) is 5.41 Å². The van der Waals surface area contributed by atoms with E-state index in [1.165, 1.54) is 10.6 Å². The monoisotopic (exact) mass is 297 g/mol. The lowest BCUT2D eigenvalue weighted by Crippen LogP contribution is -2.49. The summed E-state index contributed by atoms with van der Waals surface area (Å²) in [6.07, 6.45) is 2.90. The normalized spacial score (nSPS) is 17.2. The fourth-order valence-corrected chi connectivity index (χ4v) is 3.17. The van der Waals surface area contributed by atoms with Crippen molar-refractivity contribution in [1.29, 1.82) is 5.41 Å². The van der Waals surface area contributed by atoms with E-state index < -0.39 is 10.0 Å². The van der Waals surface area contributed by atoms with Gasteiger partial charge in [0.25, 0.3) is 0 Å². The molecule has 0 atom stereocenters. The molecule has 0 radical (unpaired) electrons. The Bertz CT molecular complexity index is 621. The predicted molar refractivity (Wildman–Crippen MR) is 78.6 cm³/mol. The number of anilines is 1. The Hall–Kier alpha value is -1.67. The molecular formula is C12H19N5O2S. The molecule has 1 aliphatic heterocycles. The number of hydrogen-bond donors (Lipinski definition) is 2. The Morgan fingerprint density at radius 2 is 1.95 bits per heavy atom. The molecular weight excluding hydrogens is 278 g/mol. The van der Waals surface area contributed by atoms with Crippen molar-refractivity contribution in [3.05, 3.63) is 23.4 Å². The summed E-state index contributed by atoms with van der Waals surface area (Å²) in [5, 5.41) is 7.68. The van der Waals surface area contributed by atoms with Gasteiger partial charge in [0.15, 0.2) is 0 Å².